The van der Waals surface area contributed by atoms with Crippen LogP contribution in [0.5, 0.6) is 17.2 Å². The average molecular weight is 461 g/mol. The quantitative estimate of drug-likeness (QED) is 0.396. The van der Waals surface area contributed by atoms with Gasteiger partial charge < -0.3 is 24.8 Å². The summed E-state index contributed by atoms with van der Waals surface area (Å²) in [6.07, 6.45) is 3.13. The predicted octanol–water partition coefficient (Wildman–Crippen LogP) is 5.40. The fourth-order valence-corrected chi connectivity index (χ4v) is 3.15. The van der Waals surface area contributed by atoms with E-state index in [9.17, 15) is 9.59 Å². The van der Waals surface area contributed by atoms with E-state index in [0.717, 1.165) is 11.3 Å². The summed E-state index contributed by atoms with van der Waals surface area (Å²) in [5.74, 6) is 0.972. The number of carbonyl (C=O) groups excluding carboxylic acids is 2. The molecular formula is C27H28N2O5. The molecule has 0 aliphatic rings. The fourth-order valence-electron chi connectivity index (χ4n) is 3.15. The Balaban J connectivity index is 1.82. The van der Waals surface area contributed by atoms with Crippen LogP contribution < -0.4 is 24.8 Å². The third-order valence-corrected chi connectivity index (χ3v) is 4.77. The van der Waals surface area contributed by atoms with Crippen molar-refractivity contribution in [2.45, 2.75) is 13.8 Å². The number of methoxy groups -OCH3 is 1. The van der Waals surface area contributed by atoms with Crippen LogP contribution in [-0.2, 0) is 4.79 Å². The van der Waals surface area contributed by atoms with Gasteiger partial charge in [0.15, 0.2) is 0 Å². The van der Waals surface area contributed by atoms with E-state index in [0.29, 0.717) is 41.7 Å². The second-order valence-corrected chi connectivity index (χ2v) is 7.13. The lowest BCUT2D eigenvalue weighted by atomic mass is 10.2. The smallest absolute Gasteiger partial charge is 0.255 e. The number of rotatable bonds is 10. The molecule has 0 aromatic heterocycles. The number of hydrogen-bond acceptors (Lipinski definition) is 5. The number of ether oxygens (including phenoxy) is 3. The Kier molecular flexibility index (Phi) is 8.68. The molecule has 0 fully saturated rings. The maximum atomic E-state index is 12.7. The molecule has 3 aromatic rings. The van der Waals surface area contributed by atoms with Gasteiger partial charge in [-0.05, 0) is 49.8 Å². The summed E-state index contributed by atoms with van der Waals surface area (Å²) in [7, 11) is 1.60. The first-order valence-electron chi connectivity index (χ1n) is 11.0. The van der Waals surface area contributed by atoms with Gasteiger partial charge in [0.25, 0.3) is 5.91 Å². The zero-order chi connectivity index (χ0) is 24.3. The van der Waals surface area contributed by atoms with Crippen molar-refractivity contribution in [3.8, 4) is 17.2 Å². The largest absolute Gasteiger partial charge is 0.497 e. The summed E-state index contributed by atoms with van der Waals surface area (Å²) < 4.78 is 16.6. The fraction of sp³-hybridized carbons (Fsp3) is 0.185. The number of benzene rings is 3. The highest BCUT2D eigenvalue weighted by Gasteiger charge is 2.16. The first-order chi connectivity index (χ1) is 16.5. The summed E-state index contributed by atoms with van der Waals surface area (Å²) in [6.45, 7) is 4.44. The standard InChI is InChI=1S/C27H28N2O5/c1-4-33-24-18-23(29-27(31)20-9-7-6-8-10-20)25(34-5-2)17-22(24)28-26(30)16-13-19-11-14-21(32-3)15-12-19/h6-18H,4-5H2,1-3H3,(H,28,30)(H,29,31)/b16-13+. The van der Waals surface area contributed by atoms with E-state index in [1.807, 2.05) is 44.2 Å². The number of hydrogen-bond donors (Lipinski definition) is 2. The summed E-state index contributed by atoms with van der Waals surface area (Å²) >= 11 is 0. The lowest BCUT2D eigenvalue weighted by molar-refractivity contribution is -0.111. The van der Waals surface area contributed by atoms with Gasteiger partial charge in [0.2, 0.25) is 5.91 Å². The Morgan fingerprint density at radius 1 is 0.824 bits per heavy atom. The Hall–Kier alpha value is -4.26. The average Bonchev–Trinajstić information content (AvgIpc) is 2.86. The van der Waals surface area contributed by atoms with Gasteiger partial charge in [-0.15, -0.1) is 0 Å². The molecule has 0 radical (unpaired) electrons. The van der Waals surface area contributed by atoms with Gasteiger partial charge in [-0.25, -0.2) is 0 Å². The summed E-state index contributed by atoms with van der Waals surface area (Å²) in [6, 6.07) is 19.5. The van der Waals surface area contributed by atoms with Gasteiger partial charge in [0, 0.05) is 23.8 Å². The van der Waals surface area contributed by atoms with Crippen molar-refractivity contribution in [1.29, 1.82) is 0 Å². The van der Waals surface area contributed by atoms with Gasteiger partial charge in [-0.1, -0.05) is 30.3 Å². The van der Waals surface area contributed by atoms with Crippen LogP contribution in [-0.4, -0.2) is 32.1 Å². The molecule has 0 saturated heterocycles. The highest BCUT2D eigenvalue weighted by atomic mass is 16.5. The van der Waals surface area contributed by atoms with Crippen LogP contribution in [0.3, 0.4) is 0 Å². The minimum atomic E-state index is -0.333. The molecule has 2 amide bonds. The Bertz CT molecular complexity index is 1140. The van der Waals surface area contributed by atoms with E-state index in [-0.39, 0.29) is 11.8 Å². The van der Waals surface area contributed by atoms with Gasteiger partial charge in [0.1, 0.15) is 17.2 Å². The van der Waals surface area contributed by atoms with Crippen molar-refractivity contribution in [2.24, 2.45) is 0 Å². The monoisotopic (exact) mass is 460 g/mol. The molecule has 7 nitrogen and oxygen atoms in total. The van der Waals surface area contributed by atoms with Gasteiger partial charge in [-0.3, -0.25) is 9.59 Å². The van der Waals surface area contributed by atoms with Gasteiger partial charge in [-0.2, -0.15) is 0 Å². The van der Waals surface area contributed by atoms with E-state index in [1.165, 1.54) is 6.08 Å². The first kappa shape index (κ1) is 24.4. The van der Waals surface area contributed by atoms with Crippen molar-refractivity contribution < 1.29 is 23.8 Å². The normalized spacial score (nSPS) is 10.6. The van der Waals surface area contributed by atoms with Crippen molar-refractivity contribution in [1.82, 2.24) is 0 Å². The summed E-state index contributed by atoms with van der Waals surface area (Å²) in [5, 5.41) is 5.70. The van der Waals surface area contributed by atoms with Gasteiger partial charge >= 0.3 is 0 Å². The van der Waals surface area contributed by atoms with Crippen LogP contribution in [0.2, 0.25) is 0 Å². The molecule has 34 heavy (non-hydrogen) atoms. The molecule has 3 rings (SSSR count). The molecule has 0 bridgehead atoms. The summed E-state index contributed by atoms with van der Waals surface area (Å²) in [5.41, 5.74) is 2.26. The molecule has 0 spiro atoms. The maximum Gasteiger partial charge on any atom is 0.255 e. The van der Waals surface area contributed by atoms with Crippen molar-refractivity contribution in [2.75, 3.05) is 31.0 Å². The van der Waals surface area contributed by atoms with Crippen LogP contribution in [0.25, 0.3) is 6.08 Å². The maximum absolute atomic E-state index is 12.7. The molecule has 176 valence electrons. The molecule has 0 aliphatic carbocycles. The molecule has 0 heterocycles. The SMILES string of the molecule is CCOc1cc(NC(=O)c2ccccc2)c(OCC)cc1NC(=O)/C=C/c1ccc(OC)cc1. The minimum absolute atomic E-state index is 0.275. The summed E-state index contributed by atoms with van der Waals surface area (Å²) in [4.78, 5) is 25.3. The van der Waals surface area contributed by atoms with Crippen LogP contribution in [0.1, 0.15) is 29.8 Å². The number of amides is 2. The second-order valence-electron chi connectivity index (χ2n) is 7.13. The van der Waals surface area contributed by atoms with Crippen molar-refractivity contribution in [3.05, 3.63) is 83.9 Å². The predicted molar refractivity (Wildman–Crippen MR) is 134 cm³/mol. The topological polar surface area (TPSA) is 85.9 Å². The molecule has 2 N–H and O–H groups in total. The highest BCUT2D eigenvalue weighted by molar-refractivity contribution is 6.06. The first-order valence-corrected chi connectivity index (χ1v) is 11.0. The number of carbonyl (C=O) groups is 2. The van der Waals surface area contributed by atoms with Crippen LogP contribution in [0.4, 0.5) is 11.4 Å². The third kappa shape index (κ3) is 6.62. The molecule has 7 heteroatoms. The van der Waals surface area contributed by atoms with Crippen molar-refractivity contribution in [3.63, 3.8) is 0 Å². The number of anilines is 2. The lowest BCUT2D eigenvalue weighted by Gasteiger charge is -2.17. The third-order valence-electron chi connectivity index (χ3n) is 4.77. The van der Waals surface area contributed by atoms with Crippen LogP contribution in [0.15, 0.2) is 72.8 Å². The second kappa shape index (κ2) is 12.1. The van der Waals surface area contributed by atoms with E-state index < -0.39 is 0 Å². The Morgan fingerprint density at radius 2 is 1.41 bits per heavy atom. The van der Waals surface area contributed by atoms with Crippen LogP contribution in [0, 0.1) is 0 Å². The number of nitrogens with one attached hydrogen (secondary N) is 2. The molecule has 0 saturated carbocycles. The van der Waals surface area contributed by atoms with E-state index in [4.69, 9.17) is 14.2 Å². The molecule has 0 aliphatic heterocycles. The lowest BCUT2D eigenvalue weighted by Crippen LogP contribution is -2.14. The molecule has 0 atom stereocenters. The van der Waals surface area contributed by atoms with Gasteiger partial charge in [0.05, 0.1) is 31.7 Å². The molecule has 0 unspecified atom stereocenters. The zero-order valence-corrected chi connectivity index (χ0v) is 19.5. The Morgan fingerprint density at radius 3 is 1.97 bits per heavy atom. The van der Waals surface area contributed by atoms with E-state index >= 15 is 0 Å². The highest BCUT2D eigenvalue weighted by Crippen LogP contribution is 2.37. The Labute approximate surface area is 199 Å². The van der Waals surface area contributed by atoms with E-state index in [1.54, 1.807) is 49.6 Å². The molecule has 3 aromatic carbocycles. The molecular weight excluding hydrogens is 432 g/mol. The van der Waals surface area contributed by atoms with E-state index in [2.05, 4.69) is 10.6 Å². The van der Waals surface area contributed by atoms with Crippen molar-refractivity contribution >= 4 is 29.3 Å². The zero-order valence-electron chi connectivity index (χ0n) is 19.5. The van der Waals surface area contributed by atoms with Crippen LogP contribution >= 0.6 is 0 Å². The minimum Gasteiger partial charge on any atom is -0.497 e.